The second-order valence-corrected chi connectivity index (χ2v) is 7.29. The maximum atomic E-state index is 6.21. The number of anilines is 1. The Morgan fingerprint density at radius 3 is 2.88 bits per heavy atom. The van der Waals surface area contributed by atoms with Gasteiger partial charge in [0.1, 0.15) is 17.1 Å². The molecule has 126 valence electrons. The Morgan fingerprint density at radius 1 is 1.16 bits per heavy atom. The largest absolute Gasteiger partial charge is 0.364 e. The summed E-state index contributed by atoms with van der Waals surface area (Å²) in [5.41, 5.74) is 3.20. The lowest BCUT2D eigenvalue weighted by Crippen LogP contribution is -2.31. The Kier molecular flexibility index (Phi) is 3.33. The quantitative estimate of drug-likeness (QED) is 0.707. The van der Waals surface area contributed by atoms with Gasteiger partial charge in [-0.05, 0) is 48.1 Å². The second kappa shape index (κ2) is 5.57. The lowest BCUT2D eigenvalue weighted by molar-refractivity contribution is -0.0205. The van der Waals surface area contributed by atoms with Crippen LogP contribution in [0.25, 0.3) is 10.7 Å². The summed E-state index contributed by atoms with van der Waals surface area (Å²) in [6, 6.07) is 12.5. The third-order valence-corrected chi connectivity index (χ3v) is 5.79. The minimum atomic E-state index is -0.201. The van der Waals surface area contributed by atoms with Gasteiger partial charge in [0.15, 0.2) is 10.8 Å². The van der Waals surface area contributed by atoms with Crippen molar-refractivity contribution in [2.24, 2.45) is 0 Å². The fraction of sp³-hybridized carbons (Fsp3) is 0.333. The van der Waals surface area contributed by atoms with E-state index in [0.717, 1.165) is 41.9 Å². The molecule has 1 spiro atoms. The Bertz CT molecular complexity index is 925. The normalized spacial score (nSPS) is 21.9. The fourth-order valence-electron chi connectivity index (χ4n) is 3.71. The average Bonchev–Trinajstić information content (AvgIpc) is 3.36. The van der Waals surface area contributed by atoms with Crippen LogP contribution in [0.2, 0.25) is 0 Å². The fourth-order valence-corrected chi connectivity index (χ4v) is 4.34. The molecule has 1 atom stereocenters. The van der Waals surface area contributed by atoms with Crippen LogP contribution in [-0.2, 0) is 16.9 Å². The molecule has 1 fully saturated rings. The first-order valence-corrected chi connectivity index (χ1v) is 9.13. The highest BCUT2D eigenvalue weighted by molar-refractivity contribution is 7.09. The molecule has 1 saturated heterocycles. The van der Waals surface area contributed by atoms with E-state index in [1.807, 2.05) is 19.1 Å². The number of fused-ring (bicyclic) bond motifs is 2. The number of ether oxygens (including phenoxy) is 1. The molecule has 3 aromatic rings. The van der Waals surface area contributed by atoms with E-state index < -0.39 is 0 Å². The number of aryl methyl sites for hydroxylation is 1. The van der Waals surface area contributed by atoms with Crippen LogP contribution in [0.15, 0.2) is 36.4 Å². The van der Waals surface area contributed by atoms with E-state index in [4.69, 9.17) is 4.74 Å². The summed E-state index contributed by atoms with van der Waals surface area (Å²) in [6.45, 7) is 4.31. The SMILES string of the molecule is Cc1nsc(-c2ccc(N3CCC4(C3)OCc3ccccc34)nn2)n1. The molecule has 0 saturated carbocycles. The summed E-state index contributed by atoms with van der Waals surface area (Å²) in [5.74, 6) is 1.65. The minimum Gasteiger partial charge on any atom is -0.364 e. The van der Waals surface area contributed by atoms with Gasteiger partial charge in [-0.1, -0.05) is 24.3 Å². The first-order chi connectivity index (χ1) is 12.2. The smallest absolute Gasteiger partial charge is 0.164 e. The average molecular weight is 351 g/mol. The molecule has 6 nitrogen and oxygen atoms in total. The minimum absolute atomic E-state index is 0.201. The van der Waals surface area contributed by atoms with Crippen molar-refractivity contribution in [3.05, 3.63) is 53.3 Å². The summed E-state index contributed by atoms with van der Waals surface area (Å²) in [6.07, 6.45) is 0.975. The number of hydrogen-bond donors (Lipinski definition) is 0. The summed E-state index contributed by atoms with van der Waals surface area (Å²) in [7, 11) is 0. The van der Waals surface area contributed by atoms with Gasteiger partial charge in [0, 0.05) is 6.54 Å². The molecule has 2 aliphatic rings. The van der Waals surface area contributed by atoms with Gasteiger partial charge in [0.2, 0.25) is 0 Å². The molecular formula is C18H17N5OS. The number of nitrogens with zero attached hydrogens (tertiary/aromatic N) is 5. The molecule has 0 amide bonds. The third kappa shape index (κ3) is 2.42. The molecule has 2 aromatic heterocycles. The number of hydrogen-bond acceptors (Lipinski definition) is 7. The van der Waals surface area contributed by atoms with Gasteiger partial charge in [-0.25, -0.2) is 4.98 Å². The Hall–Kier alpha value is -2.38. The molecule has 0 radical (unpaired) electrons. The molecule has 1 unspecified atom stereocenters. The molecule has 5 rings (SSSR count). The monoisotopic (exact) mass is 351 g/mol. The molecule has 1 aromatic carbocycles. The standard InChI is InChI=1S/C18H17N5OS/c1-12-19-17(25-22-12)15-6-7-16(21-20-15)23-9-8-18(11-23)14-5-3-2-4-13(14)10-24-18/h2-7H,8-11H2,1H3. The van der Waals surface area contributed by atoms with Crippen LogP contribution in [0.3, 0.4) is 0 Å². The van der Waals surface area contributed by atoms with Crippen molar-refractivity contribution in [1.82, 2.24) is 19.6 Å². The van der Waals surface area contributed by atoms with Crippen molar-refractivity contribution in [1.29, 1.82) is 0 Å². The van der Waals surface area contributed by atoms with Crippen LogP contribution in [0, 0.1) is 6.92 Å². The Morgan fingerprint density at radius 2 is 2.08 bits per heavy atom. The molecule has 2 aliphatic heterocycles. The zero-order valence-corrected chi connectivity index (χ0v) is 14.7. The summed E-state index contributed by atoms with van der Waals surface area (Å²) in [4.78, 5) is 6.62. The zero-order chi connectivity index (χ0) is 16.9. The van der Waals surface area contributed by atoms with E-state index in [-0.39, 0.29) is 5.60 Å². The molecule has 0 N–H and O–H groups in total. The van der Waals surface area contributed by atoms with Crippen LogP contribution in [0.5, 0.6) is 0 Å². The molecule has 0 aliphatic carbocycles. The van der Waals surface area contributed by atoms with Crippen molar-refractivity contribution in [3.8, 4) is 10.7 Å². The maximum absolute atomic E-state index is 6.21. The van der Waals surface area contributed by atoms with Gasteiger partial charge in [-0.2, -0.15) is 4.37 Å². The lowest BCUT2D eigenvalue weighted by atomic mass is 9.92. The number of benzene rings is 1. The highest BCUT2D eigenvalue weighted by atomic mass is 32.1. The molecule has 7 heteroatoms. The molecule has 0 bridgehead atoms. The van der Waals surface area contributed by atoms with Gasteiger partial charge in [-0.3, -0.25) is 0 Å². The predicted octanol–water partition coefficient (Wildman–Crippen LogP) is 2.94. The van der Waals surface area contributed by atoms with Crippen LogP contribution >= 0.6 is 11.5 Å². The van der Waals surface area contributed by atoms with Gasteiger partial charge in [-0.15, -0.1) is 10.2 Å². The third-order valence-electron chi connectivity index (χ3n) is 4.97. The zero-order valence-electron chi connectivity index (χ0n) is 13.8. The molecule has 4 heterocycles. The summed E-state index contributed by atoms with van der Waals surface area (Å²) in [5, 5.41) is 9.57. The van der Waals surface area contributed by atoms with Crippen LogP contribution < -0.4 is 4.90 Å². The van der Waals surface area contributed by atoms with Crippen molar-refractivity contribution in [3.63, 3.8) is 0 Å². The Labute approximate surface area is 149 Å². The van der Waals surface area contributed by atoms with E-state index in [1.54, 1.807) is 0 Å². The topological polar surface area (TPSA) is 64.0 Å². The number of aromatic nitrogens is 4. The van der Waals surface area contributed by atoms with E-state index >= 15 is 0 Å². The van der Waals surface area contributed by atoms with E-state index in [0.29, 0.717) is 6.61 Å². The van der Waals surface area contributed by atoms with Crippen molar-refractivity contribution >= 4 is 17.4 Å². The van der Waals surface area contributed by atoms with Gasteiger partial charge < -0.3 is 9.64 Å². The Balaban J connectivity index is 1.39. The predicted molar refractivity (Wildman–Crippen MR) is 95.4 cm³/mol. The second-order valence-electron chi connectivity index (χ2n) is 6.54. The van der Waals surface area contributed by atoms with Gasteiger partial charge in [0.05, 0.1) is 13.2 Å². The first-order valence-electron chi connectivity index (χ1n) is 8.35. The van der Waals surface area contributed by atoms with Crippen LogP contribution in [-0.4, -0.2) is 32.6 Å². The summed E-state index contributed by atoms with van der Waals surface area (Å²) >= 11 is 1.35. The van der Waals surface area contributed by atoms with Crippen molar-refractivity contribution < 1.29 is 4.74 Å². The van der Waals surface area contributed by atoms with Crippen molar-refractivity contribution in [2.45, 2.75) is 25.6 Å². The van der Waals surface area contributed by atoms with Gasteiger partial charge in [0.25, 0.3) is 0 Å². The van der Waals surface area contributed by atoms with Crippen molar-refractivity contribution in [2.75, 3.05) is 18.0 Å². The molecular weight excluding hydrogens is 334 g/mol. The molecule has 25 heavy (non-hydrogen) atoms. The maximum Gasteiger partial charge on any atom is 0.164 e. The van der Waals surface area contributed by atoms with E-state index in [2.05, 4.69) is 48.7 Å². The van der Waals surface area contributed by atoms with Crippen LogP contribution in [0.1, 0.15) is 23.4 Å². The first kappa shape index (κ1) is 14.9. The van der Waals surface area contributed by atoms with Crippen LogP contribution in [0.4, 0.5) is 5.82 Å². The summed E-state index contributed by atoms with van der Waals surface area (Å²) < 4.78 is 10.4. The lowest BCUT2D eigenvalue weighted by Gasteiger charge is -2.25. The number of rotatable bonds is 2. The van der Waals surface area contributed by atoms with Gasteiger partial charge >= 0.3 is 0 Å². The highest BCUT2D eigenvalue weighted by Gasteiger charge is 2.45. The van der Waals surface area contributed by atoms with E-state index in [1.165, 1.54) is 22.7 Å². The highest BCUT2D eigenvalue weighted by Crippen LogP contribution is 2.44. The van der Waals surface area contributed by atoms with E-state index in [9.17, 15) is 0 Å².